The highest BCUT2D eigenvalue weighted by Gasteiger charge is 2.31. The zero-order chi connectivity index (χ0) is 13.7. The molecule has 1 aliphatic heterocycles. The second-order valence-corrected chi connectivity index (χ2v) is 6.93. The molecular weight excluding hydrogens is 232 g/mol. The molecule has 1 N–H and O–H groups in total. The van der Waals surface area contributed by atoms with Gasteiger partial charge in [0.15, 0.2) is 0 Å². The maximum absolute atomic E-state index is 3.86. The van der Waals surface area contributed by atoms with Gasteiger partial charge in [0.1, 0.15) is 0 Å². The summed E-state index contributed by atoms with van der Waals surface area (Å²) < 4.78 is 0. The normalized spacial score (nSPS) is 31.7. The van der Waals surface area contributed by atoms with Gasteiger partial charge in [-0.25, -0.2) is 0 Å². The summed E-state index contributed by atoms with van der Waals surface area (Å²) in [6.45, 7) is 9.62. The molecule has 3 atom stereocenters. The molecule has 2 heteroatoms. The van der Waals surface area contributed by atoms with E-state index in [0.29, 0.717) is 0 Å². The van der Waals surface area contributed by atoms with E-state index in [1.54, 1.807) is 0 Å². The third kappa shape index (κ3) is 4.19. The minimum absolute atomic E-state index is 0.741. The monoisotopic (exact) mass is 266 g/mol. The van der Waals surface area contributed by atoms with Crippen LogP contribution in [-0.4, -0.2) is 36.1 Å². The van der Waals surface area contributed by atoms with Crippen molar-refractivity contribution in [3.05, 3.63) is 0 Å². The fraction of sp³-hybridized carbons (Fsp3) is 1.00. The summed E-state index contributed by atoms with van der Waals surface area (Å²) in [5, 5.41) is 3.86. The Kier molecular flexibility index (Phi) is 6.15. The molecule has 19 heavy (non-hydrogen) atoms. The van der Waals surface area contributed by atoms with E-state index in [4.69, 9.17) is 0 Å². The van der Waals surface area contributed by atoms with Crippen LogP contribution in [0.1, 0.15) is 72.1 Å². The van der Waals surface area contributed by atoms with Crippen molar-refractivity contribution in [3.63, 3.8) is 0 Å². The van der Waals surface area contributed by atoms with Crippen molar-refractivity contribution in [2.45, 2.75) is 90.3 Å². The molecule has 0 spiro atoms. The first-order valence-corrected chi connectivity index (χ1v) is 8.71. The van der Waals surface area contributed by atoms with E-state index >= 15 is 0 Å². The maximum Gasteiger partial charge on any atom is 0.0223 e. The second-order valence-electron chi connectivity index (χ2n) is 6.93. The third-order valence-electron chi connectivity index (χ3n) is 5.41. The van der Waals surface area contributed by atoms with Crippen LogP contribution in [0.5, 0.6) is 0 Å². The van der Waals surface area contributed by atoms with Crippen LogP contribution in [-0.2, 0) is 0 Å². The van der Waals surface area contributed by atoms with Crippen molar-refractivity contribution in [2.75, 3.05) is 13.1 Å². The Morgan fingerprint density at radius 2 is 1.63 bits per heavy atom. The van der Waals surface area contributed by atoms with Crippen LogP contribution in [0.4, 0.5) is 0 Å². The first-order chi connectivity index (χ1) is 9.22. The largest absolute Gasteiger partial charge is 0.312 e. The van der Waals surface area contributed by atoms with Gasteiger partial charge in [-0.3, -0.25) is 4.90 Å². The van der Waals surface area contributed by atoms with Crippen LogP contribution >= 0.6 is 0 Å². The molecule has 0 aromatic carbocycles. The van der Waals surface area contributed by atoms with E-state index in [1.807, 2.05) is 0 Å². The lowest BCUT2D eigenvalue weighted by molar-refractivity contribution is 0.0807. The molecule has 1 heterocycles. The topological polar surface area (TPSA) is 15.3 Å². The standard InChI is InChI=1S/C17H34N2/c1-4-12-18-17(16-10-5-6-11-16)13-19-14(2)8-7-9-15(19)3/h14-18H,4-13H2,1-3H3. The first kappa shape index (κ1) is 15.3. The SMILES string of the molecule is CCCNC(CN1C(C)CCCC1C)C1CCCC1. The van der Waals surface area contributed by atoms with Gasteiger partial charge in [0.2, 0.25) is 0 Å². The lowest BCUT2D eigenvalue weighted by atomic mass is 9.92. The van der Waals surface area contributed by atoms with Gasteiger partial charge in [-0.2, -0.15) is 0 Å². The molecule has 1 saturated carbocycles. The highest BCUT2D eigenvalue weighted by atomic mass is 15.2. The van der Waals surface area contributed by atoms with E-state index in [1.165, 1.54) is 64.5 Å². The lowest BCUT2D eigenvalue weighted by Gasteiger charge is -2.42. The van der Waals surface area contributed by atoms with Gasteiger partial charge in [-0.05, 0) is 58.4 Å². The van der Waals surface area contributed by atoms with Gasteiger partial charge in [0.05, 0.1) is 0 Å². The molecule has 0 aromatic rings. The summed E-state index contributed by atoms with van der Waals surface area (Å²) in [7, 11) is 0. The number of hydrogen-bond donors (Lipinski definition) is 1. The number of piperidine rings is 1. The van der Waals surface area contributed by atoms with Crippen LogP contribution in [0.25, 0.3) is 0 Å². The van der Waals surface area contributed by atoms with E-state index in [0.717, 1.165) is 24.0 Å². The number of rotatable bonds is 6. The van der Waals surface area contributed by atoms with Gasteiger partial charge >= 0.3 is 0 Å². The summed E-state index contributed by atoms with van der Waals surface area (Å²) in [5.41, 5.74) is 0. The van der Waals surface area contributed by atoms with E-state index in [2.05, 4.69) is 31.0 Å². The Labute approximate surface area is 120 Å². The van der Waals surface area contributed by atoms with Crippen molar-refractivity contribution in [2.24, 2.45) is 5.92 Å². The molecule has 0 amide bonds. The van der Waals surface area contributed by atoms with Crippen LogP contribution in [0.2, 0.25) is 0 Å². The minimum atomic E-state index is 0.741. The predicted molar refractivity (Wildman–Crippen MR) is 83.5 cm³/mol. The first-order valence-electron chi connectivity index (χ1n) is 8.71. The predicted octanol–water partition coefficient (Wildman–Crippen LogP) is 3.81. The number of nitrogens with one attached hydrogen (secondary N) is 1. The average molecular weight is 266 g/mol. The van der Waals surface area contributed by atoms with E-state index in [-0.39, 0.29) is 0 Å². The Morgan fingerprint density at radius 3 is 2.21 bits per heavy atom. The Morgan fingerprint density at radius 1 is 1.00 bits per heavy atom. The fourth-order valence-electron chi connectivity index (χ4n) is 4.13. The van der Waals surface area contributed by atoms with Crippen LogP contribution in [0, 0.1) is 5.92 Å². The van der Waals surface area contributed by atoms with Crippen molar-refractivity contribution in [1.29, 1.82) is 0 Å². The number of nitrogens with zero attached hydrogens (tertiary/aromatic N) is 1. The van der Waals surface area contributed by atoms with Gasteiger partial charge in [0.25, 0.3) is 0 Å². The average Bonchev–Trinajstić information content (AvgIpc) is 2.91. The fourth-order valence-corrected chi connectivity index (χ4v) is 4.13. The molecule has 0 aromatic heterocycles. The smallest absolute Gasteiger partial charge is 0.0223 e. The quantitative estimate of drug-likeness (QED) is 0.786. The molecule has 0 radical (unpaired) electrons. The van der Waals surface area contributed by atoms with Crippen LogP contribution in [0.15, 0.2) is 0 Å². The summed E-state index contributed by atoms with van der Waals surface area (Å²) in [4.78, 5) is 2.79. The van der Waals surface area contributed by atoms with Crippen LogP contribution in [0.3, 0.4) is 0 Å². The highest BCUT2D eigenvalue weighted by molar-refractivity contribution is 4.88. The van der Waals surface area contributed by atoms with Crippen molar-refractivity contribution >= 4 is 0 Å². The molecule has 2 fully saturated rings. The van der Waals surface area contributed by atoms with Crippen molar-refractivity contribution in [3.8, 4) is 0 Å². The number of likely N-dealkylation sites (tertiary alicyclic amines) is 1. The molecule has 2 nitrogen and oxygen atoms in total. The molecule has 112 valence electrons. The second kappa shape index (κ2) is 7.64. The summed E-state index contributed by atoms with van der Waals surface area (Å²) in [6, 6.07) is 2.32. The third-order valence-corrected chi connectivity index (χ3v) is 5.41. The summed E-state index contributed by atoms with van der Waals surface area (Å²) >= 11 is 0. The molecular formula is C17H34N2. The van der Waals surface area contributed by atoms with E-state index < -0.39 is 0 Å². The van der Waals surface area contributed by atoms with Crippen LogP contribution < -0.4 is 5.32 Å². The Hall–Kier alpha value is -0.0800. The Balaban J connectivity index is 1.93. The van der Waals surface area contributed by atoms with Gasteiger partial charge < -0.3 is 5.32 Å². The maximum atomic E-state index is 3.86. The molecule has 2 aliphatic rings. The molecule has 3 unspecified atom stereocenters. The van der Waals surface area contributed by atoms with Gasteiger partial charge in [-0.15, -0.1) is 0 Å². The van der Waals surface area contributed by atoms with Gasteiger partial charge in [-0.1, -0.05) is 26.2 Å². The molecule has 0 bridgehead atoms. The van der Waals surface area contributed by atoms with E-state index in [9.17, 15) is 0 Å². The highest BCUT2D eigenvalue weighted by Crippen LogP contribution is 2.30. The molecule has 2 rings (SSSR count). The lowest BCUT2D eigenvalue weighted by Crippen LogP contribution is -2.52. The Bertz CT molecular complexity index is 238. The van der Waals surface area contributed by atoms with Crippen molar-refractivity contribution < 1.29 is 0 Å². The molecule has 1 saturated heterocycles. The zero-order valence-corrected chi connectivity index (χ0v) is 13.3. The molecule has 1 aliphatic carbocycles. The van der Waals surface area contributed by atoms with Gasteiger partial charge in [0, 0.05) is 24.7 Å². The minimum Gasteiger partial charge on any atom is -0.312 e. The zero-order valence-electron chi connectivity index (χ0n) is 13.3. The number of hydrogen-bond acceptors (Lipinski definition) is 2. The summed E-state index contributed by atoms with van der Waals surface area (Å²) in [6.07, 6.45) is 11.3. The summed E-state index contributed by atoms with van der Waals surface area (Å²) in [5.74, 6) is 0.938. The van der Waals surface area contributed by atoms with Crippen molar-refractivity contribution in [1.82, 2.24) is 10.2 Å².